The molecule has 0 aliphatic heterocycles. The molecule has 0 amide bonds. The number of hydrogen-bond donors (Lipinski definition) is 0. The highest BCUT2D eigenvalue weighted by Gasteiger charge is 1.91. The van der Waals surface area contributed by atoms with Gasteiger partial charge in [0.15, 0.2) is 0 Å². The van der Waals surface area contributed by atoms with Gasteiger partial charge in [0.25, 0.3) is 0 Å². The van der Waals surface area contributed by atoms with Crippen LogP contribution in [0, 0.1) is 0 Å². The van der Waals surface area contributed by atoms with Crippen LogP contribution in [0.3, 0.4) is 0 Å². The summed E-state index contributed by atoms with van der Waals surface area (Å²) in [6.45, 7) is 0.253. The smallest absolute Gasteiger partial charge is 0.119 e. The molecule has 1 rings (SSSR count). The number of rotatable bonds is 5. The van der Waals surface area contributed by atoms with E-state index >= 15 is 0 Å². The Morgan fingerprint density at radius 1 is 1.23 bits per heavy atom. The van der Waals surface area contributed by atoms with Crippen molar-refractivity contribution in [2.45, 2.75) is 0 Å². The molecule has 4 nitrogen and oxygen atoms in total. The summed E-state index contributed by atoms with van der Waals surface area (Å²) in [7, 11) is 0. The van der Waals surface area contributed by atoms with E-state index in [4.69, 9.17) is 4.74 Å². The Morgan fingerprint density at radius 2 is 1.92 bits per heavy atom. The van der Waals surface area contributed by atoms with Crippen molar-refractivity contribution < 1.29 is 17.7 Å². The average molecular weight is 201 g/mol. The minimum atomic E-state index is -2.45. The van der Waals surface area contributed by atoms with E-state index < -0.39 is 11.4 Å². The predicted octanol–water partition coefficient (Wildman–Crippen LogP) is 0.876. The van der Waals surface area contributed by atoms with Gasteiger partial charge in [-0.05, 0) is 12.1 Å². The van der Waals surface area contributed by atoms with Crippen LogP contribution in [-0.4, -0.2) is 22.0 Å². The Labute approximate surface area is 79.0 Å². The lowest BCUT2D eigenvalue weighted by Gasteiger charge is -2.07. The fourth-order valence-corrected chi connectivity index (χ4v) is 0.982. The molecule has 0 saturated heterocycles. The Bertz CT molecular complexity index is 262. The standard InChI is InChI=1S/C8H10O4S/c9-13(10)12-7-6-11-8-4-2-1-3-5-8/h1-5H,6-7H2,(H,9,10)/p-1. The van der Waals surface area contributed by atoms with Crippen LogP contribution in [0.5, 0.6) is 5.75 Å². The first kappa shape index (κ1) is 10.2. The van der Waals surface area contributed by atoms with Crippen LogP contribution in [0.15, 0.2) is 30.3 Å². The molecule has 1 atom stereocenters. The van der Waals surface area contributed by atoms with Crippen molar-refractivity contribution in [1.29, 1.82) is 0 Å². The van der Waals surface area contributed by atoms with E-state index in [2.05, 4.69) is 4.18 Å². The van der Waals surface area contributed by atoms with Gasteiger partial charge in [0.05, 0.1) is 18.0 Å². The van der Waals surface area contributed by atoms with Crippen molar-refractivity contribution >= 4 is 11.4 Å². The Morgan fingerprint density at radius 3 is 2.54 bits per heavy atom. The normalized spacial score (nSPS) is 12.4. The van der Waals surface area contributed by atoms with Crippen molar-refractivity contribution in [2.24, 2.45) is 0 Å². The van der Waals surface area contributed by atoms with Gasteiger partial charge < -0.3 is 9.29 Å². The largest absolute Gasteiger partial charge is 0.750 e. The molecule has 0 radical (unpaired) electrons. The van der Waals surface area contributed by atoms with E-state index in [0.717, 1.165) is 0 Å². The van der Waals surface area contributed by atoms with Gasteiger partial charge >= 0.3 is 0 Å². The summed E-state index contributed by atoms with van der Waals surface area (Å²) in [5.41, 5.74) is 0. The third-order valence-electron chi connectivity index (χ3n) is 1.27. The maximum atomic E-state index is 9.93. The molecule has 0 aliphatic carbocycles. The van der Waals surface area contributed by atoms with Gasteiger partial charge in [-0.25, -0.2) is 4.21 Å². The molecule has 0 aromatic heterocycles. The van der Waals surface area contributed by atoms with Crippen LogP contribution in [0.1, 0.15) is 0 Å². The van der Waals surface area contributed by atoms with Crippen molar-refractivity contribution in [3.63, 3.8) is 0 Å². The predicted molar refractivity (Wildman–Crippen MR) is 46.8 cm³/mol. The summed E-state index contributed by atoms with van der Waals surface area (Å²) in [6, 6.07) is 9.11. The average Bonchev–Trinajstić information content (AvgIpc) is 2.14. The monoisotopic (exact) mass is 201 g/mol. The van der Waals surface area contributed by atoms with Gasteiger partial charge in [-0.15, -0.1) is 0 Å². The molecule has 0 saturated carbocycles. The van der Waals surface area contributed by atoms with Crippen LogP contribution < -0.4 is 4.74 Å². The van der Waals surface area contributed by atoms with Crippen molar-refractivity contribution in [3.05, 3.63) is 30.3 Å². The molecule has 1 unspecified atom stereocenters. The molecular formula is C8H9O4S-. The molecule has 1 aromatic rings. The number of benzene rings is 1. The SMILES string of the molecule is O=S([O-])OCCOc1ccccc1. The molecule has 0 fully saturated rings. The number of ether oxygens (including phenoxy) is 1. The molecule has 0 spiro atoms. The van der Waals surface area contributed by atoms with Gasteiger partial charge in [0.1, 0.15) is 12.4 Å². The van der Waals surface area contributed by atoms with Gasteiger partial charge in [0, 0.05) is 0 Å². The fourth-order valence-electron chi connectivity index (χ4n) is 0.778. The lowest BCUT2D eigenvalue weighted by molar-refractivity contribution is 0.215. The molecule has 5 heteroatoms. The summed E-state index contributed by atoms with van der Waals surface area (Å²) >= 11 is -2.45. The topological polar surface area (TPSA) is 58.6 Å². The zero-order valence-corrected chi connectivity index (χ0v) is 7.66. The van der Waals surface area contributed by atoms with Crippen LogP contribution in [0.25, 0.3) is 0 Å². The molecule has 0 heterocycles. The quantitative estimate of drug-likeness (QED) is 0.524. The van der Waals surface area contributed by atoms with Crippen molar-refractivity contribution in [3.8, 4) is 5.75 Å². The molecule has 0 aliphatic rings. The van der Waals surface area contributed by atoms with Crippen LogP contribution in [0.4, 0.5) is 0 Å². The van der Waals surface area contributed by atoms with Crippen molar-refractivity contribution in [1.82, 2.24) is 0 Å². The first-order valence-corrected chi connectivity index (χ1v) is 4.69. The molecule has 72 valence electrons. The second kappa shape index (κ2) is 5.69. The summed E-state index contributed by atoms with van der Waals surface area (Å²) in [4.78, 5) is 0. The van der Waals surface area contributed by atoms with Gasteiger partial charge in [-0.1, -0.05) is 18.2 Å². The van der Waals surface area contributed by atoms with Crippen molar-refractivity contribution in [2.75, 3.05) is 13.2 Å². The summed E-state index contributed by atoms with van der Waals surface area (Å²) in [5, 5.41) is 0. The second-order valence-electron chi connectivity index (χ2n) is 2.19. The first-order valence-electron chi connectivity index (χ1n) is 3.69. The van der Waals surface area contributed by atoms with E-state index in [1.807, 2.05) is 18.2 Å². The Balaban J connectivity index is 2.17. The molecule has 0 N–H and O–H groups in total. The van der Waals surface area contributed by atoms with E-state index in [-0.39, 0.29) is 13.2 Å². The van der Waals surface area contributed by atoms with E-state index in [1.54, 1.807) is 12.1 Å². The van der Waals surface area contributed by atoms with Crippen LogP contribution in [-0.2, 0) is 15.5 Å². The van der Waals surface area contributed by atoms with Gasteiger partial charge in [0.2, 0.25) is 0 Å². The second-order valence-corrected chi connectivity index (χ2v) is 2.83. The molecule has 0 bridgehead atoms. The van der Waals surface area contributed by atoms with E-state index in [0.29, 0.717) is 5.75 Å². The Kier molecular flexibility index (Phi) is 4.45. The minimum Gasteiger partial charge on any atom is -0.750 e. The first-order chi connectivity index (χ1) is 6.29. The fraction of sp³-hybridized carbons (Fsp3) is 0.250. The highest BCUT2D eigenvalue weighted by molar-refractivity contribution is 7.74. The lowest BCUT2D eigenvalue weighted by atomic mass is 10.3. The van der Waals surface area contributed by atoms with Gasteiger partial charge in [-0.2, -0.15) is 0 Å². The van der Waals surface area contributed by atoms with E-state index in [9.17, 15) is 8.76 Å². The Hall–Kier alpha value is -0.910. The summed E-state index contributed by atoms with van der Waals surface area (Å²) in [5.74, 6) is 0.697. The summed E-state index contributed by atoms with van der Waals surface area (Å²) in [6.07, 6.45) is 0. The molecule has 13 heavy (non-hydrogen) atoms. The third-order valence-corrected chi connectivity index (χ3v) is 1.63. The highest BCUT2D eigenvalue weighted by Crippen LogP contribution is 2.07. The lowest BCUT2D eigenvalue weighted by Crippen LogP contribution is -2.07. The minimum absolute atomic E-state index is 0.0327. The number of para-hydroxylation sites is 1. The maximum absolute atomic E-state index is 9.93. The zero-order valence-electron chi connectivity index (χ0n) is 6.84. The van der Waals surface area contributed by atoms with E-state index in [1.165, 1.54) is 0 Å². The van der Waals surface area contributed by atoms with Crippen LogP contribution >= 0.6 is 0 Å². The molecular weight excluding hydrogens is 192 g/mol. The molecule has 1 aromatic carbocycles. The van der Waals surface area contributed by atoms with Gasteiger partial charge in [-0.3, -0.25) is 4.18 Å². The zero-order chi connectivity index (χ0) is 9.52. The number of hydrogen-bond acceptors (Lipinski definition) is 4. The third kappa shape index (κ3) is 4.62. The van der Waals surface area contributed by atoms with Crippen LogP contribution in [0.2, 0.25) is 0 Å². The highest BCUT2D eigenvalue weighted by atomic mass is 32.2. The summed E-state index contributed by atoms with van der Waals surface area (Å²) < 4.78 is 29.3. The maximum Gasteiger partial charge on any atom is 0.119 e.